The zero-order chi connectivity index (χ0) is 11.6. The van der Waals surface area contributed by atoms with Gasteiger partial charge >= 0.3 is 0 Å². The summed E-state index contributed by atoms with van der Waals surface area (Å²) in [5.41, 5.74) is 6.13. The third-order valence-corrected chi connectivity index (χ3v) is 3.79. The number of nitrogens with two attached hydrogens (primary N) is 1. The molecule has 0 unspecified atom stereocenters. The van der Waals surface area contributed by atoms with E-state index in [0.717, 1.165) is 24.9 Å². The lowest BCUT2D eigenvalue weighted by molar-refractivity contribution is -0.123. The minimum atomic E-state index is -0.627. The molecule has 1 aliphatic carbocycles. The molecule has 1 aromatic carbocycles. The highest BCUT2D eigenvalue weighted by atomic mass is 32.2. The van der Waals surface area contributed by atoms with E-state index < -0.39 is 5.54 Å². The van der Waals surface area contributed by atoms with Crippen LogP contribution in [0.4, 0.5) is 5.69 Å². The van der Waals surface area contributed by atoms with Gasteiger partial charge in [-0.25, -0.2) is 0 Å². The summed E-state index contributed by atoms with van der Waals surface area (Å²) in [6.45, 7) is 0. The molecule has 1 fully saturated rings. The maximum absolute atomic E-state index is 11.8. The number of benzene rings is 1. The number of carbonyl (C=O) groups is 1. The van der Waals surface area contributed by atoms with Crippen LogP contribution in [0.15, 0.2) is 29.2 Å². The first-order valence-corrected chi connectivity index (χ1v) is 6.61. The molecular weight excluding hydrogens is 220 g/mol. The molecule has 1 amide bonds. The highest BCUT2D eigenvalue weighted by Crippen LogP contribution is 2.30. The van der Waals surface area contributed by atoms with Crippen molar-refractivity contribution in [3.8, 4) is 0 Å². The average Bonchev–Trinajstić information content (AvgIpc) is 2.27. The Bertz CT molecular complexity index is 385. The van der Waals surface area contributed by atoms with Crippen LogP contribution in [0.25, 0.3) is 0 Å². The summed E-state index contributed by atoms with van der Waals surface area (Å²) in [6, 6.07) is 7.80. The number of anilines is 1. The van der Waals surface area contributed by atoms with E-state index in [1.165, 1.54) is 4.90 Å². The predicted octanol–water partition coefficient (Wildman–Crippen LogP) is 2.23. The van der Waals surface area contributed by atoms with Crippen LogP contribution in [0.3, 0.4) is 0 Å². The number of thioether (sulfide) groups is 1. The fraction of sp³-hybridized carbons (Fsp3) is 0.417. The normalized spacial score (nSPS) is 17.6. The molecular formula is C12H16N2OS. The molecule has 16 heavy (non-hydrogen) atoms. The molecule has 3 N–H and O–H groups in total. The third kappa shape index (κ3) is 2.23. The van der Waals surface area contributed by atoms with Gasteiger partial charge < -0.3 is 11.1 Å². The second kappa shape index (κ2) is 4.47. The lowest BCUT2D eigenvalue weighted by Crippen LogP contribution is -2.56. The maximum atomic E-state index is 11.8. The number of amides is 1. The highest BCUT2D eigenvalue weighted by molar-refractivity contribution is 7.98. The fourth-order valence-electron chi connectivity index (χ4n) is 1.71. The molecule has 1 saturated carbocycles. The molecule has 0 aromatic heterocycles. The molecule has 1 aromatic rings. The average molecular weight is 236 g/mol. The fourth-order valence-corrected chi connectivity index (χ4v) is 2.12. The van der Waals surface area contributed by atoms with E-state index in [4.69, 9.17) is 5.73 Å². The lowest BCUT2D eigenvalue weighted by atomic mass is 9.77. The van der Waals surface area contributed by atoms with Crippen molar-refractivity contribution >= 4 is 23.4 Å². The molecule has 0 saturated heterocycles. The van der Waals surface area contributed by atoms with Gasteiger partial charge in [-0.3, -0.25) is 4.79 Å². The van der Waals surface area contributed by atoms with Crippen molar-refractivity contribution in [2.45, 2.75) is 29.7 Å². The summed E-state index contributed by atoms with van der Waals surface area (Å²) in [5.74, 6) is -0.0596. The summed E-state index contributed by atoms with van der Waals surface area (Å²) in [7, 11) is 0. The molecule has 0 heterocycles. The van der Waals surface area contributed by atoms with E-state index in [0.29, 0.717) is 0 Å². The summed E-state index contributed by atoms with van der Waals surface area (Å²) in [4.78, 5) is 13.0. The Labute approximate surface area is 99.8 Å². The molecule has 86 valence electrons. The van der Waals surface area contributed by atoms with Crippen LogP contribution >= 0.6 is 11.8 Å². The van der Waals surface area contributed by atoms with Gasteiger partial charge in [0.15, 0.2) is 0 Å². The smallest absolute Gasteiger partial charge is 0.244 e. The van der Waals surface area contributed by atoms with Crippen molar-refractivity contribution in [1.82, 2.24) is 0 Å². The van der Waals surface area contributed by atoms with Crippen molar-refractivity contribution in [1.29, 1.82) is 0 Å². The Morgan fingerprint density at radius 1 is 1.38 bits per heavy atom. The number of hydrogen-bond donors (Lipinski definition) is 2. The van der Waals surface area contributed by atoms with Crippen molar-refractivity contribution in [2.24, 2.45) is 5.73 Å². The zero-order valence-corrected chi connectivity index (χ0v) is 10.1. The lowest BCUT2D eigenvalue weighted by Gasteiger charge is -2.36. The molecule has 3 nitrogen and oxygen atoms in total. The van der Waals surface area contributed by atoms with Crippen LogP contribution in [0.2, 0.25) is 0 Å². The monoisotopic (exact) mass is 236 g/mol. The van der Waals surface area contributed by atoms with Crippen LogP contribution in [-0.4, -0.2) is 17.7 Å². The first-order valence-electron chi connectivity index (χ1n) is 5.38. The Morgan fingerprint density at radius 2 is 2.00 bits per heavy atom. The molecule has 4 heteroatoms. The molecule has 0 radical (unpaired) electrons. The Kier molecular flexibility index (Phi) is 3.21. The van der Waals surface area contributed by atoms with Gasteiger partial charge in [0.25, 0.3) is 0 Å². The van der Waals surface area contributed by atoms with E-state index in [1.807, 2.05) is 30.5 Å². The third-order valence-electron chi connectivity index (χ3n) is 3.05. The summed E-state index contributed by atoms with van der Waals surface area (Å²) < 4.78 is 0. The van der Waals surface area contributed by atoms with Crippen LogP contribution in [-0.2, 0) is 4.79 Å². The van der Waals surface area contributed by atoms with E-state index in [1.54, 1.807) is 11.8 Å². The second-order valence-corrected chi connectivity index (χ2v) is 5.07. The van der Waals surface area contributed by atoms with Gasteiger partial charge in [-0.1, -0.05) is 0 Å². The van der Waals surface area contributed by atoms with Crippen molar-refractivity contribution in [3.05, 3.63) is 24.3 Å². The SMILES string of the molecule is CSc1ccc(NC(=O)C2(N)CCC2)cc1. The second-order valence-electron chi connectivity index (χ2n) is 4.19. The molecule has 0 aliphatic heterocycles. The minimum absolute atomic E-state index is 0.0596. The number of carbonyl (C=O) groups excluding carboxylic acids is 1. The van der Waals surface area contributed by atoms with Crippen molar-refractivity contribution in [3.63, 3.8) is 0 Å². The number of rotatable bonds is 3. The van der Waals surface area contributed by atoms with Crippen molar-refractivity contribution in [2.75, 3.05) is 11.6 Å². The zero-order valence-electron chi connectivity index (χ0n) is 9.32. The molecule has 0 bridgehead atoms. The van der Waals surface area contributed by atoms with Crippen molar-refractivity contribution < 1.29 is 4.79 Å². The van der Waals surface area contributed by atoms with E-state index in [2.05, 4.69) is 5.32 Å². The van der Waals surface area contributed by atoms with Gasteiger partial charge in [0, 0.05) is 10.6 Å². The first-order chi connectivity index (χ1) is 7.64. The van der Waals surface area contributed by atoms with Crippen LogP contribution < -0.4 is 11.1 Å². The minimum Gasteiger partial charge on any atom is -0.324 e. The Morgan fingerprint density at radius 3 is 2.44 bits per heavy atom. The van der Waals surface area contributed by atoms with Gasteiger partial charge in [-0.05, 0) is 49.8 Å². The number of hydrogen-bond acceptors (Lipinski definition) is 3. The standard InChI is InChI=1S/C12H16N2OS/c1-16-10-5-3-9(4-6-10)14-11(15)12(13)7-2-8-12/h3-6H,2,7-8,13H2,1H3,(H,14,15). The van der Waals surface area contributed by atoms with Gasteiger partial charge in [-0.2, -0.15) is 0 Å². The molecule has 0 spiro atoms. The van der Waals surface area contributed by atoms with Crippen LogP contribution in [0, 0.1) is 0 Å². The predicted molar refractivity (Wildman–Crippen MR) is 67.6 cm³/mol. The topological polar surface area (TPSA) is 55.1 Å². The first kappa shape index (κ1) is 11.5. The highest BCUT2D eigenvalue weighted by Gasteiger charge is 2.39. The summed E-state index contributed by atoms with van der Waals surface area (Å²) in [6.07, 6.45) is 4.66. The summed E-state index contributed by atoms with van der Waals surface area (Å²) in [5, 5.41) is 2.86. The van der Waals surface area contributed by atoms with Crippen LogP contribution in [0.1, 0.15) is 19.3 Å². The van der Waals surface area contributed by atoms with E-state index >= 15 is 0 Å². The van der Waals surface area contributed by atoms with Crippen LogP contribution in [0.5, 0.6) is 0 Å². The molecule has 2 rings (SSSR count). The van der Waals surface area contributed by atoms with E-state index in [9.17, 15) is 4.79 Å². The molecule has 0 atom stereocenters. The quantitative estimate of drug-likeness (QED) is 0.791. The largest absolute Gasteiger partial charge is 0.324 e. The Balaban J connectivity index is 2.00. The Hall–Kier alpha value is -1.00. The van der Waals surface area contributed by atoms with Gasteiger partial charge in [-0.15, -0.1) is 11.8 Å². The van der Waals surface area contributed by atoms with Gasteiger partial charge in [0.1, 0.15) is 0 Å². The maximum Gasteiger partial charge on any atom is 0.244 e. The van der Waals surface area contributed by atoms with E-state index in [-0.39, 0.29) is 5.91 Å². The molecule has 1 aliphatic rings. The number of nitrogens with one attached hydrogen (secondary N) is 1. The summed E-state index contributed by atoms with van der Waals surface area (Å²) >= 11 is 1.68. The van der Waals surface area contributed by atoms with Gasteiger partial charge in [0.05, 0.1) is 5.54 Å². The van der Waals surface area contributed by atoms with Gasteiger partial charge in [0.2, 0.25) is 5.91 Å².